The fraction of sp³-hybridized carbons (Fsp3) is 0.286. The van der Waals surface area contributed by atoms with Crippen molar-refractivity contribution in [2.45, 2.75) is 18.8 Å². The lowest BCUT2D eigenvalue weighted by molar-refractivity contribution is -0.130. The molecule has 28 heavy (non-hydrogen) atoms. The van der Waals surface area contributed by atoms with Gasteiger partial charge in [-0.2, -0.15) is 0 Å². The van der Waals surface area contributed by atoms with Crippen LogP contribution >= 0.6 is 0 Å². The van der Waals surface area contributed by atoms with Gasteiger partial charge in [-0.05, 0) is 42.7 Å². The largest absolute Gasteiger partial charge is 0.338 e. The Morgan fingerprint density at radius 2 is 1.64 bits per heavy atom. The van der Waals surface area contributed by atoms with E-state index >= 15 is 0 Å². The van der Waals surface area contributed by atoms with E-state index in [1.54, 1.807) is 6.07 Å². The number of halogens is 2. The second-order valence-electron chi connectivity index (χ2n) is 7.23. The van der Waals surface area contributed by atoms with E-state index in [1.165, 1.54) is 47.4 Å². The zero-order chi connectivity index (χ0) is 19.9. The van der Waals surface area contributed by atoms with Crippen molar-refractivity contribution < 1.29 is 23.2 Å². The fourth-order valence-electron chi connectivity index (χ4n) is 4.25. The highest BCUT2D eigenvalue weighted by atomic mass is 19.1. The molecule has 5 nitrogen and oxygen atoms in total. The Bertz CT molecular complexity index is 950. The van der Waals surface area contributed by atoms with Crippen LogP contribution in [0.15, 0.2) is 48.5 Å². The zero-order valence-electron chi connectivity index (χ0n) is 15.0. The van der Waals surface area contributed by atoms with Crippen LogP contribution in [0.3, 0.4) is 0 Å². The van der Waals surface area contributed by atoms with Crippen molar-refractivity contribution in [3.8, 4) is 0 Å². The summed E-state index contributed by atoms with van der Waals surface area (Å²) in [6.45, 7) is 0.455. The highest BCUT2D eigenvalue weighted by Gasteiger charge is 2.56. The molecule has 2 fully saturated rings. The molecule has 144 valence electrons. The van der Waals surface area contributed by atoms with Crippen molar-refractivity contribution in [2.24, 2.45) is 5.41 Å². The van der Waals surface area contributed by atoms with Crippen LogP contribution < -0.4 is 5.32 Å². The second-order valence-corrected chi connectivity index (χ2v) is 7.23. The van der Waals surface area contributed by atoms with Crippen LogP contribution in [0.2, 0.25) is 0 Å². The molecule has 4 rings (SSSR count). The molecule has 0 aliphatic carbocycles. The normalized spacial score (nSPS) is 21.1. The standard InChI is InChI=1S/C21H18F2N2O3/c22-14-7-5-13(6-8-14)17-18(26)24-20(28)21(17)9-11-25(12-10-21)19(27)15-3-1-2-4-16(15)23/h1-8,17H,9-12H2,(H,24,26,28)/t17-/m1/s1. The summed E-state index contributed by atoms with van der Waals surface area (Å²) in [6, 6.07) is 11.3. The molecule has 7 heteroatoms. The highest BCUT2D eigenvalue weighted by Crippen LogP contribution is 2.48. The zero-order valence-corrected chi connectivity index (χ0v) is 15.0. The quantitative estimate of drug-likeness (QED) is 0.810. The number of hydrogen-bond acceptors (Lipinski definition) is 3. The lowest BCUT2D eigenvalue weighted by Crippen LogP contribution is -2.48. The molecular formula is C21H18F2N2O3. The van der Waals surface area contributed by atoms with Crippen molar-refractivity contribution in [3.05, 3.63) is 71.3 Å². The van der Waals surface area contributed by atoms with Crippen LogP contribution in [0.1, 0.15) is 34.7 Å². The third-order valence-electron chi connectivity index (χ3n) is 5.75. The van der Waals surface area contributed by atoms with Gasteiger partial charge in [-0.1, -0.05) is 24.3 Å². The summed E-state index contributed by atoms with van der Waals surface area (Å²) in [5.41, 5.74) is -0.430. The molecule has 0 radical (unpaired) electrons. The maximum atomic E-state index is 13.9. The molecule has 1 N–H and O–H groups in total. The molecular weight excluding hydrogens is 366 g/mol. The Morgan fingerprint density at radius 3 is 2.29 bits per heavy atom. The number of nitrogens with zero attached hydrogens (tertiary/aromatic N) is 1. The number of imide groups is 1. The van der Waals surface area contributed by atoms with Gasteiger partial charge < -0.3 is 4.90 Å². The molecule has 2 aromatic carbocycles. The van der Waals surface area contributed by atoms with Gasteiger partial charge in [-0.3, -0.25) is 19.7 Å². The monoisotopic (exact) mass is 384 g/mol. The van der Waals surface area contributed by atoms with Crippen molar-refractivity contribution in [3.63, 3.8) is 0 Å². The predicted molar refractivity (Wildman–Crippen MR) is 96.3 cm³/mol. The van der Waals surface area contributed by atoms with E-state index in [9.17, 15) is 23.2 Å². The lowest BCUT2D eigenvalue weighted by Gasteiger charge is -2.40. The first-order valence-electron chi connectivity index (χ1n) is 9.07. The number of piperidine rings is 1. The Hall–Kier alpha value is -3.09. The summed E-state index contributed by atoms with van der Waals surface area (Å²) in [4.78, 5) is 39.2. The maximum absolute atomic E-state index is 13.9. The minimum absolute atomic E-state index is 0.0134. The van der Waals surface area contributed by atoms with Crippen LogP contribution in [0, 0.1) is 17.0 Å². The minimum atomic E-state index is -0.985. The van der Waals surface area contributed by atoms with Crippen LogP contribution in [-0.2, 0) is 9.59 Å². The van der Waals surface area contributed by atoms with Gasteiger partial charge in [0.05, 0.1) is 16.9 Å². The van der Waals surface area contributed by atoms with E-state index in [2.05, 4.69) is 5.32 Å². The van der Waals surface area contributed by atoms with Crippen molar-refractivity contribution in [1.82, 2.24) is 10.2 Å². The first-order chi connectivity index (χ1) is 13.4. The molecule has 1 spiro atoms. The highest BCUT2D eigenvalue weighted by molar-refractivity contribution is 6.10. The third-order valence-corrected chi connectivity index (χ3v) is 5.75. The SMILES string of the molecule is O=C1NC(=O)C2(CCN(C(=O)c3ccccc3F)CC2)[C@@H]1c1ccc(F)cc1. The number of nitrogens with one attached hydrogen (secondary N) is 1. The van der Waals surface area contributed by atoms with Gasteiger partial charge in [0, 0.05) is 13.1 Å². The van der Waals surface area contributed by atoms with Crippen molar-refractivity contribution >= 4 is 17.7 Å². The number of benzene rings is 2. The summed E-state index contributed by atoms with van der Waals surface area (Å²) in [7, 11) is 0. The van der Waals surface area contributed by atoms with Gasteiger partial charge in [0.15, 0.2) is 0 Å². The molecule has 1 atom stereocenters. The van der Waals surface area contributed by atoms with Crippen LogP contribution in [0.25, 0.3) is 0 Å². The molecule has 0 saturated carbocycles. The second kappa shape index (κ2) is 6.82. The number of likely N-dealkylation sites (tertiary alicyclic amines) is 1. The van der Waals surface area contributed by atoms with E-state index in [0.717, 1.165) is 0 Å². The molecule has 0 unspecified atom stereocenters. The van der Waals surface area contributed by atoms with Gasteiger partial charge in [-0.25, -0.2) is 8.78 Å². The summed E-state index contributed by atoms with van der Waals surface area (Å²) in [6.07, 6.45) is 0.541. The molecule has 3 amide bonds. The maximum Gasteiger partial charge on any atom is 0.256 e. The van der Waals surface area contributed by atoms with Gasteiger partial charge >= 0.3 is 0 Å². The number of rotatable bonds is 2. The molecule has 2 saturated heterocycles. The van der Waals surface area contributed by atoms with E-state index in [0.29, 0.717) is 5.56 Å². The van der Waals surface area contributed by atoms with Crippen LogP contribution in [-0.4, -0.2) is 35.7 Å². The Morgan fingerprint density at radius 1 is 1.00 bits per heavy atom. The third kappa shape index (κ3) is 2.87. The minimum Gasteiger partial charge on any atom is -0.338 e. The van der Waals surface area contributed by atoms with Gasteiger partial charge in [0.25, 0.3) is 5.91 Å². The van der Waals surface area contributed by atoms with Crippen LogP contribution in [0.5, 0.6) is 0 Å². The number of carbonyl (C=O) groups is 3. The summed E-state index contributed by atoms with van der Waals surface area (Å²) in [5.74, 6) is -2.96. The molecule has 2 heterocycles. The number of carbonyl (C=O) groups excluding carboxylic acids is 3. The predicted octanol–water partition coefficient (Wildman–Crippen LogP) is 2.63. The molecule has 2 aromatic rings. The summed E-state index contributed by atoms with van der Waals surface area (Å²) in [5, 5.41) is 2.39. The Labute approximate surface area is 160 Å². The molecule has 2 aliphatic rings. The Kier molecular flexibility index (Phi) is 4.45. The number of amides is 3. The van der Waals surface area contributed by atoms with Crippen molar-refractivity contribution in [2.75, 3.05) is 13.1 Å². The topological polar surface area (TPSA) is 66.5 Å². The lowest BCUT2D eigenvalue weighted by atomic mass is 9.67. The first kappa shape index (κ1) is 18.3. The molecule has 0 bridgehead atoms. The average Bonchev–Trinajstić information content (AvgIpc) is 2.93. The van der Waals surface area contributed by atoms with Gasteiger partial charge in [0.2, 0.25) is 11.8 Å². The number of hydrogen-bond donors (Lipinski definition) is 1. The van der Waals surface area contributed by atoms with E-state index < -0.39 is 34.8 Å². The van der Waals surface area contributed by atoms with E-state index in [1.807, 2.05) is 0 Å². The summed E-state index contributed by atoms with van der Waals surface area (Å²) >= 11 is 0. The first-order valence-corrected chi connectivity index (χ1v) is 9.07. The van der Waals surface area contributed by atoms with E-state index in [-0.39, 0.29) is 37.4 Å². The average molecular weight is 384 g/mol. The summed E-state index contributed by atoms with van der Waals surface area (Å²) < 4.78 is 27.2. The molecule has 2 aliphatic heterocycles. The van der Waals surface area contributed by atoms with E-state index in [4.69, 9.17) is 0 Å². The van der Waals surface area contributed by atoms with Crippen LogP contribution in [0.4, 0.5) is 8.78 Å². The smallest absolute Gasteiger partial charge is 0.256 e. The van der Waals surface area contributed by atoms with Gasteiger partial charge in [-0.15, -0.1) is 0 Å². The molecule has 0 aromatic heterocycles. The van der Waals surface area contributed by atoms with Crippen molar-refractivity contribution in [1.29, 1.82) is 0 Å². The Balaban J connectivity index is 1.58. The van der Waals surface area contributed by atoms with Gasteiger partial charge in [0.1, 0.15) is 11.6 Å². The fourth-order valence-corrected chi connectivity index (χ4v) is 4.25.